The molecule has 0 unspecified atom stereocenters. The maximum absolute atomic E-state index is 13.6. The lowest BCUT2D eigenvalue weighted by atomic mass is 10.2. The van der Waals surface area contributed by atoms with Crippen LogP contribution in [0.1, 0.15) is 11.1 Å². The molecule has 0 spiro atoms. The summed E-state index contributed by atoms with van der Waals surface area (Å²) in [5, 5.41) is 10.5. The molecule has 0 bridgehead atoms. The van der Waals surface area contributed by atoms with Gasteiger partial charge in [0.05, 0.1) is 4.92 Å². The summed E-state index contributed by atoms with van der Waals surface area (Å²) in [6, 6.07) is 10.4. The third-order valence-electron chi connectivity index (χ3n) is 2.77. The van der Waals surface area contributed by atoms with Gasteiger partial charge in [-0.1, -0.05) is 6.07 Å². The van der Waals surface area contributed by atoms with E-state index >= 15 is 0 Å². The molecule has 2 rings (SSSR count). The maximum Gasteiger partial charge on any atom is 0.269 e. The van der Waals surface area contributed by atoms with Crippen LogP contribution < -0.4 is 10.5 Å². The van der Waals surface area contributed by atoms with Crippen LogP contribution in [0.15, 0.2) is 42.5 Å². The number of nitrogens with zero attached hydrogens (tertiary/aromatic N) is 1. The van der Waals surface area contributed by atoms with E-state index in [1.807, 2.05) is 0 Å². The molecule has 2 aromatic carbocycles. The monoisotopic (exact) mass is 276 g/mol. The summed E-state index contributed by atoms with van der Waals surface area (Å²) in [4.78, 5) is 10.0. The molecule has 0 aliphatic heterocycles. The summed E-state index contributed by atoms with van der Waals surface area (Å²) in [5.41, 5.74) is 6.82. The molecular formula is C14H13FN2O3. The first kappa shape index (κ1) is 14.0. The van der Waals surface area contributed by atoms with Crippen LogP contribution in [0, 0.1) is 15.9 Å². The highest BCUT2D eigenvalue weighted by molar-refractivity contribution is 5.33. The number of rotatable bonds is 5. The van der Waals surface area contributed by atoms with E-state index in [1.165, 1.54) is 24.3 Å². The second kappa shape index (κ2) is 6.12. The van der Waals surface area contributed by atoms with Crippen LogP contribution >= 0.6 is 0 Å². The van der Waals surface area contributed by atoms with Crippen molar-refractivity contribution < 1.29 is 14.1 Å². The van der Waals surface area contributed by atoms with Crippen LogP contribution in [0.3, 0.4) is 0 Å². The van der Waals surface area contributed by atoms with Gasteiger partial charge in [0.25, 0.3) is 5.69 Å². The van der Waals surface area contributed by atoms with E-state index in [9.17, 15) is 14.5 Å². The smallest absolute Gasteiger partial charge is 0.269 e. The van der Waals surface area contributed by atoms with Gasteiger partial charge in [0.15, 0.2) is 11.6 Å². The Kier molecular flexibility index (Phi) is 4.27. The number of nitro benzene ring substituents is 1. The van der Waals surface area contributed by atoms with E-state index in [1.54, 1.807) is 18.2 Å². The molecule has 0 fully saturated rings. The van der Waals surface area contributed by atoms with Crippen LogP contribution in [0.5, 0.6) is 5.75 Å². The first-order valence-electron chi connectivity index (χ1n) is 5.95. The first-order valence-corrected chi connectivity index (χ1v) is 5.95. The Bertz CT molecular complexity index is 614. The van der Waals surface area contributed by atoms with Gasteiger partial charge in [-0.15, -0.1) is 0 Å². The second-order valence-electron chi connectivity index (χ2n) is 4.18. The predicted molar refractivity (Wildman–Crippen MR) is 71.7 cm³/mol. The van der Waals surface area contributed by atoms with Gasteiger partial charge in [-0.05, 0) is 35.4 Å². The van der Waals surface area contributed by atoms with Crippen molar-refractivity contribution in [3.8, 4) is 5.75 Å². The molecule has 104 valence electrons. The summed E-state index contributed by atoms with van der Waals surface area (Å²) in [7, 11) is 0. The Labute approximate surface area is 114 Å². The summed E-state index contributed by atoms with van der Waals surface area (Å²) >= 11 is 0. The number of halogens is 1. The molecule has 5 nitrogen and oxygen atoms in total. The molecule has 0 aliphatic rings. The summed E-state index contributed by atoms with van der Waals surface area (Å²) in [5.74, 6) is -0.351. The number of nitrogens with two attached hydrogens (primary N) is 1. The van der Waals surface area contributed by atoms with Gasteiger partial charge >= 0.3 is 0 Å². The number of benzene rings is 2. The van der Waals surface area contributed by atoms with Crippen molar-refractivity contribution in [2.24, 2.45) is 5.73 Å². The molecule has 0 heterocycles. The fraction of sp³-hybridized carbons (Fsp3) is 0.143. The van der Waals surface area contributed by atoms with Crippen molar-refractivity contribution in [1.29, 1.82) is 0 Å². The standard InChI is InChI=1S/C14H13FN2O3/c15-13-7-11(8-16)3-6-14(13)20-9-10-1-4-12(5-2-10)17(18)19/h1-7H,8-9,16H2. The molecule has 0 radical (unpaired) electrons. The zero-order valence-corrected chi connectivity index (χ0v) is 10.6. The molecule has 2 N–H and O–H groups in total. The Morgan fingerprint density at radius 3 is 2.35 bits per heavy atom. The average molecular weight is 276 g/mol. The third kappa shape index (κ3) is 3.30. The van der Waals surface area contributed by atoms with Crippen LogP contribution in [0.2, 0.25) is 0 Å². The average Bonchev–Trinajstić information content (AvgIpc) is 2.46. The van der Waals surface area contributed by atoms with Crippen molar-refractivity contribution in [1.82, 2.24) is 0 Å². The summed E-state index contributed by atoms with van der Waals surface area (Å²) in [6.45, 7) is 0.399. The molecule has 0 amide bonds. The highest BCUT2D eigenvalue weighted by Crippen LogP contribution is 2.20. The van der Waals surface area contributed by atoms with Crippen LogP contribution in [-0.2, 0) is 13.2 Å². The SMILES string of the molecule is NCc1ccc(OCc2ccc([N+](=O)[O-])cc2)c(F)c1. The van der Waals surface area contributed by atoms with E-state index in [-0.39, 0.29) is 24.6 Å². The van der Waals surface area contributed by atoms with Crippen molar-refractivity contribution in [3.05, 3.63) is 69.5 Å². The lowest BCUT2D eigenvalue weighted by Gasteiger charge is -2.08. The molecule has 0 aromatic heterocycles. The highest BCUT2D eigenvalue weighted by atomic mass is 19.1. The maximum atomic E-state index is 13.6. The zero-order valence-electron chi connectivity index (χ0n) is 10.6. The minimum atomic E-state index is -0.477. The number of ether oxygens (including phenoxy) is 1. The van der Waals surface area contributed by atoms with Crippen molar-refractivity contribution >= 4 is 5.69 Å². The fourth-order valence-corrected chi connectivity index (χ4v) is 1.66. The topological polar surface area (TPSA) is 78.4 Å². The highest BCUT2D eigenvalue weighted by Gasteiger charge is 2.07. The van der Waals surface area contributed by atoms with Gasteiger partial charge in [0, 0.05) is 18.7 Å². The Hall–Kier alpha value is -2.47. The van der Waals surface area contributed by atoms with Crippen LogP contribution in [-0.4, -0.2) is 4.92 Å². The molecule has 2 aromatic rings. The van der Waals surface area contributed by atoms with Gasteiger partial charge in [0.1, 0.15) is 6.61 Å². The second-order valence-corrected chi connectivity index (χ2v) is 4.18. The molecule has 0 saturated heterocycles. The number of nitro groups is 1. The van der Waals surface area contributed by atoms with Crippen LogP contribution in [0.25, 0.3) is 0 Å². The first-order chi connectivity index (χ1) is 9.60. The normalized spacial score (nSPS) is 10.3. The molecular weight excluding hydrogens is 263 g/mol. The minimum absolute atomic E-state index is 0.00669. The molecule has 6 heteroatoms. The lowest BCUT2D eigenvalue weighted by molar-refractivity contribution is -0.384. The third-order valence-corrected chi connectivity index (χ3v) is 2.77. The predicted octanol–water partition coefficient (Wildman–Crippen LogP) is 2.77. The van der Waals surface area contributed by atoms with Gasteiger partial charge in [-0.3, -0.25) is 10.1 Å². The molecule has 0 aliphatic carbocycles. The molecule has 20 heavy (non-hydrogen) atoms. The van der Waals surface area contributed by atoms with Crippen LogP contribution in [0.4, 0.5) is 10.1 Å². The van der Waals surface area contributed by atoms with E-state index in [0.717, 1.165) is 5.56 Å². The van der Waals surface area contributed by atoms with E-state index in [4.69, 9.17) is 10.5 Å². The van der Waals surface area contributed by atoms with E-state index in [0.29, 0.717) is 5.56 Å². The molecule has 0 saturated carbocycles. The number of non-ortho nitro benzene ring substituents is 1. The van der Waals surface area contributed by atoms with Crippen molar-refractivity contribution in [2.45, 2.75) is 13.2 Å². The lowest BCUT2D eigenvalue weighted by Crippen LogP contribution is -2.00. The fourth-order valence-electron chi connectivity index (χ4n) is 1.66. The largest absolute Gasteiger partial charge is 0.486 e. The number of hydrogen-bond donors (Lipinski definition) is 1. The quantitative estimate of drug-likeness (QED) is 0.672. The Morgan fingerprint density at radius 1 is 1.15 bits per heavy atom. The number of hydrogen-bond acceptors (Lipinski definition) is 4. The van der Waals surface area contributed by atoms with Gasteiger partial charge in [-0.2, -0.15) is 0 Å². The van der Waals surface area contributed by atoms with Gasteiger partial charge in [-0.25, -0.2) is 4.39 Å². The zero-order chi connectivity index (χ0) is 14.5. The summed E-state index contributed by atoms with van der Waals surface area (Å²) in [6.07, 6.45) is 0. The molecule has 0 atom stereocenters. The van der Waals surface area contributed by atoms with E-state index < -0.39 is 10.7 Å². The van der Waals surface area contributed by atoms with Gasteiger partial charge < -0.3 is 10.5 Å². The minimum Gasteiger partial charge on any atom is -0.486 e. The van der Waals surface area contributed by atoms with Crippen molar-refractivity contribution in [2.75, 3.05) is 0 Å². The Morgan fingerprint density at radius 2 is 1.80 bits per heavy atom. The van der Waals surface area contributed by atoms with Crippen molar-refractivity contribution in [3.63, 3.8) is 0 Å². The Balaban J connectivity index is 2.03. The summed E-state index contributed by atoms with van der Waals surface area (Å²) < 4.78 is 19.0. The van der Waals surface area contributed by atoms with E-state index in [2.05, 4.69) is 0 Å². The van der Waals surface area contributed by atoms with Gasteiger partial charge in [0.2, 0.25) is 0 Å².